The molecule has 0 N–H and O–H groups in total. The van der Waals surface area contributed by atoms with Gasteiger partial charge >= 0.3 is 0 Å². The summed E-state index contributed by atoms with van der Waals surface area (Å²) in [4.78, 5) is 10.1. The highest BCUT2D eigenvalue weighted by atomic mass is 35.5. The fraction of sp³-hybridized carbons (Fsp3) is 0.300. The maximum absolute atomic E-state index is 13.0. The summed E-state index contributed by atoms with van der Waals surface area (Å²) in [5.74, 6) is 1.68. The Hall–Kier alpha value is -2.82. The summed E-state index contributed by atoms with van der Waals surface area (Å²) < 4.78 is 43.6. The highest BCUT2D eigenvalue weighted by Crippen LogP contribution is 2.41. The van der Waals surface area contributed by atoms with Gasteiger partial charge in [-0.1, -0.05) is 17.7 Å². The molecule has 0 saturated heterocycles. The largest absolute Gasteiger partial charge is 0.496 e. The van der Waals surface area contributed by atoms with Gasteiger partial charge in [0, 0.05) is 37.4 Å². The molecule has 0 aromatic heterocycles. The van der Waals surface area contributed by atoms with E-state index in [9.17, 15) is 18.5 Å². The molecule has 2 aromatic rings. The fourth-order valence-corrected chi connectivity index (χ4v) is 5.26. The molecule has 0 radical (unpaired) electrons. The molecule has 1 heterocycles. The number of sulfonamides is 1. The quantitative estimate of drug-likeness (QED) is 0.449. The Kier molecular flexibility index (Phi) is 6.73. The van der Waals surface area contributed by atoms with Gasteiger partial charge in [-0.15, -0.1) is 0 Å². The average molecular weight is 469 g/mol. The SMILES string of the molecule is COc1cc(OC)c(C2=CCN(S(=O)(=O)c3ccc([N+](=O)[O-])cc3Cl)CC2)c(OC)c1. The van der Waals surface area contributed by atoms with Gasteiger partial charge in [-0.2, -0.15) is 4.31 Å². The van der Waals surface area contributed by atoms with E-state index >= 15 is 0 Å². The predicted octanol–water partition coefficient (Wildman–Crippen LogP) is 3.75. The Morgan fingerprint density at radius 3 is 2.16 bits per heavy atom. The van der Waals surface area contributed by atoms with E-state index in [-0.39, 0.29) is 28.7 Å². The molecule has 9 nitrogen and oxygen atoms in total. The summed E-state index contributed by atoms with van der Waals surface area (Å²) >= 11 is 6.04. The van der Waals surface area contributed by atoms with Crippen molar-refractivity contribution in [3.05, 3.63) is 57.1 Å². The van der Waals surface area contributed by atoms with Crippen LogP contribution in [0.3, 0.4) is 0 Å². The number of nitro benzene ring substituents is 1. The first-order chi connectivity index (χ1) is 14.7. The van der Waals surface area contributed by atoms with E-state index in [1.54, 1.807) is 25.3 Å². The number of ether oxygens (including phenoxy) is 3. The molecular formula is C20H21ClN2O7S. The van der Waals surface area contributed by atoms with Crippen molar-refractivity contribution in [3.8, 4) is 17.2 Å². The first-order valence-electron chi connectivity index (χ1n) is 9.16. The van der Waals surface area contributed by atoms with Crippen molar-refractivity contribution in [2.75, 3.05) is 34.4 Å². The van der Waals surface area contributed by atoms with Crippen LogP contribution in [0.15, 0.2) is 41.3 Å². The maximum Gasteiger partial charge on any atom is 0.271 e. The molecule has 31 heavy (non-hydrogen) atoms. The molecule has 0 amide bonds. The van der Waals surface area contributed by atoms with Crippen LogP contribution in [0.1, 0.15) is 12.0 Å². The molecule has 0 unspecified atom stereocenters. The average Bonchev–Trinajstić information content (AvgIpc) is 2.77. The van der Waals surface area contributed by atoms with Crippen LogP contribution >= 0.6 is 11.6 Å². The lowest BCUT2D eigenvalue weighted by Gasteiger charge is -2.27. The Balaban J connectivity index is 1.92. The van der Waals surface area contributed by atoms with Gasteiger partial charge < -0.3 is 14.2 Å². The lowest BCUT2D eigenvalue weighted by Crippen LogP contribution is -2.34. The molecule has 11 heteroatoms. The Bertz CT molecular complexity index is 1120. The van der Waals surface area contributed by atoms with Gasteiger partial charge in [-0.3, -0.25) is 10.1 Å². The van der Waals surface area contributed by atoms with Crippen molar-refractivity contribution in [2.24, 2.45) is 0 Å². The van der Waals surface area contributed by atoms with Crippen molar-refractivity contribution < 1.29 is 27.6 Å². The number of hydrogen-bond donors (Lipinski definition) is 0. The molecular weight excluding hydrogens is 448 g/mol. The molecule has 0 bridgehead atoms. The molecule has 0 fully saturated rings. The van der Waals surface area contributed by atoms with Crippen molar-refractivity contribution in [1.82, 2.24) is 4.31 Å². The highest BCUT2D eigenvalue weighted by Gasteiger charge is 2.30. The summed E-state index contributed by atoms with van der Waals surface area (Å²) in [5, 5.41) is 10.7. The zero-order valence-corrected chi connectivity index (χ0v) is 18.7. The van der Waals surface area contributed by atoms with Crippen LogP contribution in [0.5, 0.6) is 17.2 Å². The van der Waals surface area contributed by atoms with Crippen LogP contribution in [-0.4, -0.2) is 52.1 Å². The Morgan fingerprint density at radius 1 is 1.06 bits per heavy atom. The smallest absolute Gasteiger partial charge is 0.271 e. The van der Waals surface area contributed by atoms with Crippen molar-refractivity contribution >= 4 is 32.9 Å². The van der Waals surface area contributed by atoms with Crippen LogP contribution in [-0.2, 0) is 10.0 Å². The van der Waals surface area contributed by atoms with Gasteiger partial charge in [-0.25, -0.2) is 8.42 Å². The number of hydrogen-bond acceptors (Lipinski definition) is 7. The third-order valence-corrected chi connectivity index (χ3v) is 7.30. The van der Waals surface area contributed by atoms with Crippen LogP contribution in [0.4, 0.5) is 5.69 Å². The van der Waals surface area contributed by atoms with E-state index in [1.807, 2.05) is 0 Å². The minimum atomic E-state index is -3.93. The van der Waals surface area contributed by atoms with Gasteiger partial charge in [0.2, 0.25) is 10.0 Å². The van der Waals surface area contributed by atoms with Crippen molar-refractivity contribution in [2.45, 2.75) is 11.3 Å². The normalized spacial score (nSPS) is 14.6. The van der Waals surface area contributed by atoms with E-state index in [0.717, 1.165) is 29.3 Å². The third kappa shape index (κ3) is 4.46. The highest BCUT2D eigenvalue weighted by molar-refractivity contribution is 7.89. The summed E-state index contributed by atoms with van der Waals surface area (Å²) in [5.41, 5.74) is 1.33. The van der Waals surface area contributed by atoms with E-state index in [4.69, 9.17) is 25.8 Å². The maximum atomic E-state index is 13.0. The van der Waals surface area contributed by atoms with Gasteiger partial charge in [0.25, 0.3) is 5.69 Å². The molecule has 166 valence electrons. The zero-order chi connectivity index (χ0) is 22.8. The molecule has 1 aliphatic rings. The number of nitro groups is 1. The standard InChI is InChI=1S/C20H21ClN2O7S/c1-28-15-11-17(29-2)20(18(12-15)30-3)13-6-8-22(9-7-13)31(26,27)19-5-4-14(23(24)25)10-16(19)21/h4-6,10-12H,7-9H2,1-3H3. The molecule has 1 aliphatic heterocycles. The molecule has 0 saturated carbocycles. The summed E-state index contributed by atoms with van der Waals surface area (Å²) in [6.07, 6.45) is 2.19. The molecule has 0 aliphatic carbocycles. The van der Waals surface area contributed by atoms with Gasteiger partial charge in [-0.05, 0) is 18.1 Å². The number of halogens is 1. The lowest BCUT2D eigenvalue weighted by molar-refractivity contribution is -0.384. The predicted molar refractivity (Wildman–Crippen MR) is 116 cm³/mol. The molecule has 0 spiro atoms. The van der Waals surface area contributed by atoms with E-state index < -0.39 is 14.9 Å². The number of benzene rings is 2. The minimum absolute atomic E-state index is 0.101. The Morgan fingerprint density at radius 2 is 1.71 bits per heavy atom. The van der Waals surface area contributed by atoms with Crippen molar-refractivity contribution in [1.29, 1.82) is 0 Å². The van der Waals surface area contributed by atoms with Crippen LogP contribution in [0.2, 0.25) is 5.02 Å². The number of methoxy groups -OCH3 is 3. The van der Waals surface area contributed by atoms with Gasteiger partial charge in [0.05, 0.1) is 36.8 Å². The molecule has 0 atom stereocenters. The number of nitrogens with zero attached hydrogens (tertiary/aromatic N) is 2. The van der Waals surface area contributed by atoms with Gasteiger partial charge in [0.15, 0.2) is 0 Å². The van der Waals surface area contributed by atoms with Gasteiger partial charge in [0.1, 0.15) is 22.1 Å². The van der Waals surface area contributed by atoms with Crippen LogP contribution in [0.25, 0.3) is 5.57 Å². The second-order valence-corrected chi connectivity index (χ2v) is 8.93. The summed E-state index contributed by atoms with van der Waals surface area (Å²) in [7, 11) is 0.683. The Labute approximate surface area is 185 Å². The number of rotatable bonds is 7. The second-order valence-electron chi connectivity index (χ2n) is 6.62. The zero-order valence-electron chi connectivity index (χ0n) is 17.1. The monoisotopic (exact) mass is 468 g/mol. The summed E-state index contributed by atoms with van der Waals surface area (Å²) in [6, 6.07) is 6.78. The number of non-ortho nitro benzene ring substituents is 1. The third-order valence-electron chi connectivity index (χ3n) is 4.95. The fourth-order valence-electron chi connectivity index (χ4n) is 3.37. The minimum Gasteiger partial charge on any atom is -0.496 e. The molecule has 3 rings (SSSR count). The first-order valence-corrected chi connectivity index (χ1v) is 11.0. The van der Waals surface area contributed by atoms with E-state index in [1.165, 1.54) is 18.5 Å². The lowest BCUT2D eigenvalue weighted by atomic mass is 9.98. The van der Waals surface area contributed by atoms with Crippen LogP contribution in [0, 0.1) is 10.1 Å². The first kappa shape index (κ1) is 22.9. The summed E-state index contributed by atoms with van der Waals surface area (Å²) in [6.45, 7) is 0.295. The van der Waals surface area contributed by atoms with E-state index in [0.29, 0.717) is 23.7 Å². The van der Waals surface area contributed by atoms with E-state index in [2.05, 4.69) is 0 Å². The van der Waals surface area contributed by atoms with Crippen LogP contribution < -0.4 is 14.2 Å². The molecule has 2 aromatic carbocycles. The second kappa shape index (κ2) is 9.13. The topological polar surface area (TPSA) is 108 Å². The van der Waals surface area contributed by atoms with Crippen molar-refractivity contribution in [3.63, 3.8) is 0 Å².